The van der Waals surface area contributed by atoms with E-state index in [1.165, 1.54) is 12.8 Å². The van der Waals surface area contributed by atoms with Crippen LogP contribution in [0, 0.1) is 0 Å². The molecule has 0 amide bonds. The van der Waals surface area contributed by atoms with Crippen molar-refractivity contribution in [1.82, 2.24) is 10.1 Å². The normalized spacial score (nSPS) is 15.8. The van der Waals surface area contributed by atoms with Crippen LogP contribution in [0.15, 0.2) is 28.8 Å². The largest absolute Gasteiger partial charge is 0.484 e. The Labute approximate surface area is 111 Å². The van der Waals surface area contributed by atoms with Gasteiger partial charge in [-0.2, -0.15) is 4.98 Å². The van der Waals surface area contributed by atoms with Crippen LogP contribution in [0.5, 0.6) is 5.75 Å². The van der Waals surface area contributed by atoms with Crippen LogP contribution in [0.3, 0.4) is 0 Å². The zero-order valence-corrected chi connectivity index (χ0v) is 10.7. The molecule has 1 aromatic carbocycles. The Kier molecular flexibility index (Phi) is 3.35. The second kappa shape index (κ2) is 5.30. The zero-order valence-electron chi connectivity index (χ0n) is 10.7. The topological polar surface area (TPSA) is 74.2 Å². The van der Waals surface area contributed by atoms with E-state index in [9.17, 15) is 0 Å². The molecule has 5 heteroatoms. The van der Waals surface area contributed by atoms with Crippen LogP contribution in [-0.2, 0) is 6.61 Å². The minimum absolute atomic E-state index is 0.295. The molecule has 0 atom stereocenters. The molecule has 0 unspecified atom stereocenters. The second-order valence-corrected chi connectivity index (χ2v) is 4.89. The van der Waals surface area contributed by atoms with Crippen LogP contribution >= 0.6 is 0 Å². The van der Waals surface area contributed by atoms with Crippen molar-refractivity contribution in [3.63, 3.8) is 0 Å². The highest BCUT2D eigenvalue weighted by Crippen LogP contribution is 2.32. The van der Waals surface area contributed by atoms with Crippen LogP contribution in [0.25, 0.3) is 0 Å². The number of hydrogen-bond acceptors (Lipinski definition) is 5. The van der Waals surface area contributed by atoms with Gasteiger partial charge in [0.15, 0.2) is 12.4 Å². The highest BCUT2D eigenvalue weighted by Gasteiger charge is 2.22. The van der Waals surface area contributed by atoms with Gasteiger partial charge in [0.25, 0.3) is 5.89 Å². The molecule has 5 nitrogen and oxygen atoms in total. The number of nitrogen functional groups attached to an aromatic ring is 1. The van der Waals surface area contributed by atoms with Crippen molar-refractivity contribution in [2.45, 2.75) is 38.2 Å². The van der Waals surface area contributed by atoms with Gasteiger partial charge in [0.1, 0.15) is 5.75 Å². The molecule has 1 saturated carbocycles. The summed E-state index contributed by atoms with van der Waals surface area (Å²) in [5.41, 5.74) is 6.33. The molecule has 0 aliphatic heterocycles. The van der Waals surface area contributed by atoms with Crippen molar-refractivity contribution in [2.24, 2.45) is 0 Å². The van der Waals surface area contributed by atoms with Gasteiger partial charge in [-0.15, -0.1) is 0 Å². The van der Waals surface area contributed by atoms with E-state index < -0.39 is 0 Å². The summed E-state index contributed by atoms with van der Waals surface area (Å²) in [6.45, 7) is 0.295. The zero-order chi connectivity index (χ0) is 13.1. The van der Waals surface area contributed by atoms with E-state index >= 15 is 0 Å². The van der Waals surface area contributed by atoms with Crippen LogP contribution in [0.2, 0.25) is 0 Å². The number of hydrogen-bond donors (Lipinski definition) is 1. The van der Waals surface area contributed by atoms with Gasteiger partial charge in [0, 0.05) is 11.6 Å². The fraction of sp³-hybridized carbons (Fsp3) is 0.429. The highest BCUT2D eigenvalue weighted by atomic mass is 16.5. The molecular formula is C14H17N3O2. The van der Waals surface area contributed by atoms with Gasteiger partial charge < -0.3 is 15.0 Å². The summed E-state index contributed by atoms with van der Waals surface area (Å²) in [4.78, 5) is 4.40. The maximum Gasteiger partial charge on any atom is 0.264 e. The average molecular weight is 259 g/mol. The molecule has 3 rings (SSSR count). The molecular weight excluding hydrogens is 242 g/mol. The Morgan fingerprint density at radius 1 is 1.21 bits per heavy atom. The molecule has 1 fully saturated rings. The average Bonchev–Trinajstić information content (AvgIpc) is 3.09. The molecule has 1 heterocycles. The number of nitrogens with two attached hydrogens (primary N) is 1. The van der Waals surface area contributed by atoms with Gasteiger partial charge in [-0.25, -0.2) is 0 Å². The van der Waals surface area contributed by atoms with E-state index in [1.54, 1.807) is 12.1 Å². The Hall–Kier alpha value is -2.04. The molecule has 1 aliphatic rings. The summed E-state index contributed by atoms with van der Waals surface area (Å²) in [5.74, 6) is 2.57. The van der Waals surface area contributed by atoms with Gasteiger partial charge in [-0.3, -0.25) is 0 Å². The lowest BCUT2D eigenvalue weighted by molar-refractivity contribution is 0.242. The SMILES string of the molecule is Nc1ccc(OCc2nc(C3CCCC3)no2)cc1. The predicted molar refractivity (Wildman–Crippen MR) is 70.7 cm³/mol. The van der Waals surface area contributed by atoms with Crippen molar-refractivity contribution < 1.29 is 9.26 Å². The van der Waals surface area contributed by atoms with Crippen LogP contribution < -0.4 is 10.5 Å². The van der Waals surface area contributed by atoms with Crippen molar-refractivity contribution in [3.05, 3.63) is 36.0 Å². The van der Waals surface area contributed by atoms with Crippen molar-refractivity contribution in [2.75, 3.05) is 5.73 Å². The first-order valence-electron chi connectivity index (χ1n) is 6.62. The van der Waals surface area contributed by atoms with E-state index in [0.717, 1.165) is 24.4 Å². The Morgan fingerprint density at radius 2 is 1.95 bits per heavy atom. The van der Waals surface area contributed by atoms with E-state index in [0.29, 0.717) is 24.1 Å². The van der Waals surface area contributed by atoms with Crippen molar-refractivity contribution >= 4 is 5.69 Å². The Morgan fingerprint density at radius 3 is 2.68 bits per heavy atom. The monoisotopic (exact) mass is 259 g/mol. The predicted octanol–water partition coefficient (Wildman–Crippen LogP) is 2.89. The number of rotatable bonds is 4. The quantitative estimate of drug-likeness (QED) is 0.854. The van der Waals surface area contributed by atoms with E-state index in [2.05, 4.69) is 10.1 Å². The second-order valence-electron chi connectivity index (χ2n) is 4.89. The lowest BCUT2D eigenvalue weighted by Gasteiger charge is -2.03. The van der Waals surface area contributed by atoms with E-state index in [4.69, 9.17) is 15.0 Å². The molecule has 2 N–H and O–H groups in total. The summed E-state index contributed by atoms with van der Waals surface area (Å²) in [6, 6.07) is 7.24. The first-order valence-corrected chi connectivity index (χ1v) is 6.62. The fourth-order valence-electron chi connectivity index (χ4n) is 2.39. The van der Waals surface area contributed by atoms with Crippen molar-refractivity contribution in [3.8, 4) is 5.75 Å². The van der Waals surface area contributed by atoms with E-state index in [1.807, 2.05) is 12.1 Å². The molecule has 0 saturated heterocycles. The summed E-state index contributed by atoms with van der Waals surface area (Å²) >= 11 is 0. The molecule has 1 aliphatic carbocycles. The van der Waals surface area contributed by atoms with Gasteiger partial charge >= 0.3 is 0 Å². The number of anilines is 1. The first-order chi connectivity index (χ1) is 9.31. The van der Waals surface area contributed by atoms with E-state index in [-0.39, 0.29) is 0 Å². The van der Waals surface area contributed by atoms with Gasteiger partial charge in [-0.05, 0) is 37.1 Å². The maximum atomic E-state index is 5.61. The lowest BCUT2D eigenvalue weighted by atomic mass is 10.1. The van der Waals surface area contributed by atoms with Gasteiger partial charge in [-0.1, -0.05) is 18.0 Å². The Balaban J connectivity index is 1.59. The molecule has 0 radical (unpaired) electrons. The number of benzene rings is 1. The molecule has 100 valence electrons. The van der Waals surface area contributed by atoms with Gasteiger partial charge in [0.2, 0.25) is 0 Å². The van der Waals surface area contributed by atoms with Gasteiger partial charge in [0.05, 0.1) is 0 Å². The third-order valence-electron chi connectivity index (χ3n) is 3.45. The standard InChI is InChI=1S/C14H17N3O2/c15-11-5-7-12(8-6-11)18-9-13-16-14(17-19-13)10-3-1-2-4-10/h5-8,10H,1-4,9,15H2. The van der Waals surface area contributed by atoms with Crippen LogP contribution in [0.4, 0.5) is 5.69 Å². The molecule has 0 bridgehead atoms. The molecule has 0 spiro atoms. The first kappa shape index (κ1) is 12.0. The highest BCUT2D eigenvalue weighted by molar-refractivity contribution is 5.41. The molecule has 19 heavy (non-hydrogen) atoms. The summed E-state index contributed by atoms with van der Waals surface area (Å²) in [7, 11) is 0. The lowest BCUT2D eigenvalue weighted by Crippen LogP contribution is -1.98. The fourth-order valence-corrected chi connectivity index (χ4v) is 2.39. The van der Waals surface area contributed by atoms with Crippen LogP contribution in [0.1, 0.15) is 43.3 Å². The summed E-state index contributed by atoms with van der Waals surface area (Å²) < 4.78 is 10.8. The summed E-state index contributed by atoms with van der Waals surface area (Å²) in [5, 5.41) is 4.04. The molecule has 1 aromatic heterocycles. The minimum Gasteiger partial charge on any atom is -0.484 e. The number of nitrogens with zero attached hydrogens (tertiary/aromatic N) is 2. The smallest absolute Gasteiger partial charge is 0.264 e. The van der Waals surface area contributed by atoms with Crippen molar-refractivity contribution in [1.29, 1.82) is 0 Å². The number of aromatic nitrogens is 2. The number of ether oxygens (including phenoxy) is 1. The maximum absolute atomic E-state index is 5.61. The third kappa shape index (κ3) is 2.86. The molecule has 2 aromatic rings. The third-order valence-corrected chi connectivity index (χ3v) is 3.45. The van der Waals surface area contributed by atoms with Crippen LogP contribution in [-0.4, -0.2) is 10.1 Å². The summed E-state index contributed by atoms with van der Waals surface area (Å²) in [6.07, 6.45) is 4.85. The minimum atomic E-state index is 0.295. The Bertz CT molecular complexity index is 530.